The molecule has 0 atom stereocenters. The van der Waals surface area contributed by atoms with Crippen molar-refractivity contribution in [3.8, 4) is 11.5 Å². The molecule has 5 heterocycles. The van der Waals surface area contributed by atoms with Crippen LogP contribution in [-0.2, 0) is 0 Å². The fourth-order valence-corrected chi connectivity index (χ4v) is 4.76. The summed E-state index contributed by atoms with van der Waals surface area (Å²) < 4.78 is 11.5. The molecule has 0 unspecified atom stereocenters. The van der Waals surface area contributed by atoms with Crippen LogP contribution in [0.1, 0.15) is 61.9 Å². The molecular formula is C22H23N7O2. The number of rotatable bonds is 4. The van der Waals surface area contributed by atoms with E-state index in [1.54, 1.807) is 18.6 Å². The topological polar surface area (TPSA) is 107 Å². The van der Waals surface area contributed by atoms with Crippen LogP contribution in [0.4, 0.5) is 5.95 Å². The Morgan fingerprint density at radius 2 is 1.71 bits per heavy atom. The van der Waals surface area contributed by atoms with E-state index in [2.05, 4.69) is 35.2 Å². The Morgan fingerprint density at radius 1 is 0.903 bits per heavy atom. The van der Waals surface area contributed by atoms with Crippen molar-refractivity contribution >= 4 is 17.0 Å². The lowest BCUT2D eigenvalue weighted by Crippen LogP contribution is -2.34. The van der Waals surface area contributed by atoms with Crippen molar-refractivity contribution in [2.24, 2.45) is 0 Å². The molecule has 1 aliphatic carbocycles. The Hall–Kier alpha value is -3.36. The summed E-state index contributed by atoms with van der Waals surface area (Å²) in [6.07, 6.45) is 11.9. The molecule has 6 rings (SSSR count). The number of hydrogen-bond donors (Lipinski definition) is 0. The number of piperidine rings is 1. The van der Waals surface area contributed by atoms with Crippen LogP contribution in [0, 0.1) is 0 Å². The van der Waals surface area contributed by atoms with Gasteiger partial charge in [0.15, 0.2) is 0 Å². The number of fused-ring (bicyclic) bond motifs is 1. The smallest absolute Gasteiger partial charge is 0.257 e. The van der Waals surface area contributed by atoms with Gasteiger partial charge in [0.25, 0.3) is 5.71 Å². The van der Waals surface area contributed by atoms with E-state index >= 15 is 0 Å². The molecule has 1 aliphatic heterocycles. The zero-order valence-corrected chi connectivity index (χ0v) is 17.1. The maximum atomic E-state index is 6.08. The molecule has 0 bridgehead atoms. The van der Waals surface area contributed by atoms with Crippen LogP contribution in [-0.4, -0.2) is 43.4 Å². The highest BCUT2D eigenvalue weighted by Gasteiger charge is 2.27. The van der Waals surface area contributed by atoms with Crippen molar-refractivity contribution in [1.29, 1.82) is 0 Å². The number of anilines is 1. The SMILES string of the molecule is c1cnc(N2CCC(c3nnc(-c4cnc5onc(C6CCCC6)c5c4)o3)CC2)nc1. The molecule has 2 aliphatic rings. The third-order valence-corrected chi connectivity index (χ3v) is 6.47. The molecule has 4 aromatic heterocycles. The first kappa shape index (κ1) is 18.4. The molecule has 0 radical (unpaired) electrons. The van der Waals surface area contributed by atoms with Gasteiger partial charge >= 0.3 is 0 Å². The van der Waals surface area contributed by atoms with Crippen LogP contribution in [0.15, 0.2) is 39.7 Å². The van der Waals surface area contributed by atoms with Crippen molar-refractivity contribution < 1.29 is 8.94 Å². The van der Waals surface area contributed by atoms with Crippen LogP contribution in [0.25, 0.3) is 22.6 Å². The molecule has 2 fully saturated rings. The Morgan fingerprint density at radius 3 is 2.52 bits per heavy atom. The van der Waals surface area contributed by atoms with Gasteiger partial charge in [0.05, 0.1) is 16.6 Å². The van der Waals surface area contributed by atoms with Gasteiger partial charge in [-0.3, -0.25) is 0 Å². The second kappa shape index (κ2) is 7.72. The molecular weight excluding hydrogens is 394 g/mol. The number of hydrogen-bond acceptors (Lipinski definition) is 9. The molecule has 9 heteroatoms. The van der Waals surface area contributed by atoms with Gasteiger partial charge in [0.1, 0.15) is 0 Å². The second-order valence-electron chi connectivity index (χ2n) is 8.38. The summed E-state index contributed by atoms with van der Waals surface area (Å²) in [4.78, 5) is 15.3. The lowest BCUT2D eigenvalue weighted by atomic mass is 9.97. The number of pyridine rings is 1. The number of nitrogens with zero attached hydrogens (tertiary/aromatic N) is 7. The van der Waals surface area contributed by atoms with E-state index in [4.69, 9.17) is 8.94 Å². The van der Waals surface area contributed by atoms with E-state index in [0.29, 0.717) is 23.4 Å². The minimum atomic E-state index is 0.238. The van der Waals surface area contributed by atoms with E-state index < -0.39 is 0 Å². The van der Waals surface area contributed by atoms with E-state index in [9.17, 15) is 0 Å². The predicted octanol–water partition coefficient (Wildman–Crippen LogP) is 4.10. The Balaban J connectivity index is 1.20. The van der Waals surface area contributed by atoms with Crippen LogP contribution >= 0.6 is 0 Å². The highest BCUT2D eigenvalue weighted by molar-refractivity contribution is 5.80. The first-order valence-corrected chi connectivity index (χ1v) is 11.0. The largest absolute Gasteiger partial charge is 0.420 e. The fraction of sp³-hybridized carbons (Fsp3) is 0.455. The first-order chi connectivity index (χ1) is 15.3. The Labute approximate surface area is 178 Å². The summed E-state index contributed by atoms with van der Waals surface area (Å²) in [6, 6.07) is 3.86. The fourth-order valence-electron chi connectivity index (χ4n) is 4.76. The van der Waals surface area contributed by atoms with Gasteiger partial charge in [-0.25, -0.2) is 15.0 Å². The Kier molecular flexibility index (Phi) is 4.58. The molecule has 0 aromatic carbocycles. The van der Waals surface area contributed by atoms with Crippen LogP contribution < -0.4 is 4.90 Å². The average molecular weight is 417 g/mol. The third kappa shape index (κ3) is 3.43. The molecule has 0 amide bonds. The summed E-state index contributed by atoms with van der Waals surface area (Å²) >= 11 is 0. The van der Waals surface area contributed by atoms with Gasteiger partial charge in [-0.05, 0) is 37.8 Å². The van der Waals surface area contributed by atoms with Crippen molar-refractivity contribution in [2.75, 3.05) is 18.0 Å². The summed E-state index contributed by atoms with van der Waals surface area (Å²) in [5.41, 5.74) is 2.39. The van der Waals surface area contributed by atoms with Crippen molar-refractivity contribution in [3.63, 3.8) is 0 Å². The van der Waals surface area contributed by atoms with E-state index in [1.807, 2.05) is 12.1 Å². The van der Waals surface area contributed by atoms with Crippen LogP contribution in [0.2, 0.25) is 0 Å². The average Bonchev–Trinajstić information content (AvgIpc) is 3.60. The zero-order valence-electron chi connectivity index (χ0n) is 17.1. The molecule has 4 aromatic rings. The monoisotopic (exact) mass is 417 g/mol. The van der Waals surface area contributed by atoms with Crippen molar-refractivity contribution in [1.82, 2.24) is 30.3 Å². The molecule has 0 N–H and O–H groups in total. The van der Waals surface area contributed by atoms with Gasteiger partial charge in [-0.2, -0.15) is 0 Å². The molecule has 1 saturated heterocycles. The maximum absolute atomic E-state index is 6.08. The third-order valence-electron chi connectivity index (χ3n) is 6.47. The van der Waals surface area contributed by atoms with Crippen molar-refractivity contribution in [2.45, 2.75) is 50.4 Å². The lowest BCUT2D eigenvalue weighted by molar-refractivity contribution is 0.396. The molecule has 0 spiro atoms. The highest BCUT2D eigenvalue weighted by Crippen LogP contribution is 2.38. The first-order valence-electron chi connectivity index (χ1n) is 11.0. The number of aromatic nitrogens is 6. The van der Waals surface area contributed by atoms with Gasteiger partial charge in [-0.1, -0.05) is 18.0 Å². The van der Waals surface area contributed by atoms with Gasteiger partial charge in [0, 0.05) is 43.5 Å². The molecule has 31 heavy (non-hydrogen) atoms. The summed E-state index contributed by atoms with van der Waals surface area (Å²) in [5.74, 6) is 2.65. The standard InChI is InChI=1S/C22H23N7O2/c1-2-5-14(4-1)18-17-12-16(13-25-21(17)31-28-18)20-27-26-19(30-20)15-6-10-29(11-7-15)22-23-8-3-9-24-22/h3,8-9,12-15H,1-2,4-7,10-11H2. The van der Waals surface area contributed by atoms with Gasteiger partial charge in [0.2, 0.25) is 17.7 Å². The van der Waals surface area contributed by atoms with Crippen molar-refractivity contribution in [3.05, 3.63) is 42.3 Å². The minimum Gasteiger partial charge on any atom is -0.420 e. The Bertz CT molecular complexity index is 1180. The molecule has 158 valence electrons. The quantitative estimate of drug-likeness (QED) is 0.485. The van der Waals surface area contributed by atoms with Gasteiger partial charge in [-0.15, -0.1) is 10.2 Å². The van der Waals surface area contributed by atoms with Gasteiger partial charge < -0.3 is 13.8 Å². The molecule has 1 saturated carbocycles. The second-order valence-corrected chi connectivity index (χ2v) is 8.38. The highest BCUT2D eigenvalue weighted by atomic mass is 16.5. The van der Waals surface area contributed by atoms with E-state index in [-0.39, 0.29) is 5.92 Å². The summed E-state index contributed by atoms with van der Waals surface area (Å²) in [7, 11) is 0. The maximum Gasteiger partial charge on any atom is 0.257 e. The van der Waals surface area contributed by atoms with E-state index in [0.717, 1.165) is 61.4 Å². The van der Waals surface area contributed by atoms with Crippen LogP contribution in [0.3, 0.4) is 0 Å². The molecule has 9 nitrogen and oxygen atoms in total. The zero-order chi connectivity index (χ0) is 20.6. The van der Waals surface area contributed by atoms with E-state index in [1.165, 1.54) is 12.8 Å². The van der Waals surface area contributed by atoms with Crippen LogP contribution in [0.5, 0.6) is 0 Å². The minimum absolute atomic E-state index is 0.238. The summed E-state index contributed by atoms with van der Waals surface area (Å²) in [6.45, 7) is 1.73. The predicted molar refractivity (Wildman–Crippen MR) is 113 cm³/mol. The normalized spacial score (nSPS) is 18.3. The summed E-state index contributed by atoms with van der Waals surface area (Å²) in [5, 5.41) is 13.9. The lowest BCUT2D eigenvalue weighted by Gasteiger charge is -2.30.